The van der Waals surface area contributed by atoms with Crippen LogP contribution in [0, 0.1) is 0 Å². The first kappa shape index (κ1) is 24.3. The number of hydrogen-bond donors (Lipinski definition) is 1. The van der Waals surface area contributed by atoms with Gasteiger partial charge < -0.3 is 14.8 Å². The maximum atomic E-state index is 11.4. The number of carbonyl (C=O) groups excluding carboxylic acids is 1. The van der Waals surface area contributed by atoms with Gasteiger partial charge in [-0.15, -0.1) is 11.3 Å². The Bertz CT molecular complexity index is 1290. The zero-order valence-corrected chi connectivity index (χ0v) is 21.5. The molecule has 0 saturated carbocycles. The van der Waals surface area contributed by atoms with Gasteiger partial charge in [0.2, 0.25) is 0 Å². The Labute approximate surface area is 216 Å². The number of ether oxygens (including phenoxy) is 2. The van der Waals surface area contributed by atoms with Gasteiger partial charge >= 0.3 is 0 Å². The lowest BCUT2D eigenvalue weighted by Crippen LogP contribution is -2.25. The van der Waals surface area contributed by atoms with E-state index in [2.05, 4.69) is 70.9 Å². The number of benzene rings is 3. The lowest BCUT2D eigenvalue weighted by Gasteiger charge is -2.15. The van der Waals surface area contributed by atoms with Crippen LogP contribution in [0.25, 0.3) is 20.5 Å². The van der Waals surface area contributed by atoms with Crippen LogP contribution in [-0.2, 0) is 11.2 Å². The molecule has 5 rings (SSSR count). The van der Waals surface area contributed by atoms with Crippen LogP contribution in [0.3, 0.4) is 0 Å². The Morgan fingerprint density at radius 2 is 1.61 bits per heavy atom. The first-order valence-electron chi connectivity index (χ1n) is 12.6. The fraction of sp³-hybridized carbons (Fsp3) is 0.300. The van der Waals surface area contributed by atoms with Crippen LogP contribution in [0.2, 0.25) is 0 Å². The zero-order chi connectivity index (χ0) is 24.7. The van der Waals surface area contributed by atoms with Crippen LogP contribution in [0.5, 0.6) is 11.5 Å². The molecule has 1 aliphatic heterocycles. The molecule has 4 aromatic rings. The summed E-state index contributed by atoms with van der Waals surface area (Å²) in [5, 5.41) is 3.86. The third kappa shape index (κ3) is 5.89. The fourth-order valence-electron chi connectivity index (χ4n) is 4.64. The van der Waals surface area contributed by atoms with Gasteiger partial charge in [-0.3, -0.25) is 9.69 Å². The summed E-state index contributed by atoms with van der Waals surface area (Å²) in [5.74, 6) is 1.47. The average molecular weight is 501 g/mol. The number of nitrogens with zero attached hydrogens (tertiary/aromatic N) is 1. The molecule has 1 saturated heterocycles. The van der Waals surface area contributed by atoms with Gasteiger partial charge in [-0.1, -0.05) is 30.3 Å². The molecule has 0 radical (unpaired) electrons. The number of amides is 1. The number of carbonyl (C=O) groups is 1. The summed E-state index contributed by atoms with van der Waals surface area (Å²) < 4.78 is 12.9. The smallest absolute Gasteiger partial charge is 0.257 e. The van der Waals surface area contributed by atoms with Crippen LogP contribution in [0.4, 0.5) is 0 Å². The van der Waals surface area contributed by atoms with Crippen molar-refractivity contribution in [2.45, 2.75) is 19.3 Å². The van der Waals surface area contributed by atoms with Gasteiger partial charge in [0.05, 0.1) is 0 Å². The molecule has 36 heavy (non-hydrogen) atoms. The number of hydrogen-bond acceptors (Lipinski definition) is 5. The molecule has 1 amide bonds. The van der Waals surface area contributed by atoms with Crippen molar-refractivity contribution in [3.05, 3.63) is 83.9 Å². The monoisotopic (exact) mass is 500 g/mol. The summed E-state index contributed by atoms with van der Waals surface area (Å²) in [6, 6.07) is 25.2. The maximum Gasteiger partial charge on any atom is 0.257 e. The van der Waals surface area contributed by atoms with E-state index in [4.69, 9.17) is 9.47 Å². The average Bonchev–Trinajstić information content (AvgIpc) is 3.57. The van der Waals surface area contributed by atoms with Crippen molar-refractivity contribution in [2.75, 3.05) is 39.9 Å². The first-order chi connectivity index (χ1) is 17.7. The summed E-state index contributed by atoms with van der Waals surface area (Å²) >= 11 is 1.84. The van der Waals surface area contributed by atoms with E-state index in [1.165, 1.54) is 57.6 Å². The first-order valence-corrected chi connectivity index (χ1v) is 13.4. The standard InChI is InChI=1S/C30H32N2O3S/c1-31-29(33)21-35-25-12-8-22(9-13-25)20-27-26-6-2-3-7-28(26)36-30(27)23-10-14-24(15-11-23)34-19-18-32-16-4-5-17-32/h2-3,6-15H,4-5,16-21H2,1H3,(H,31,33). The van der Waals surface area contributed by atoms with Crippen molar-refractivity contribution in [2.24, 2.45) is 0 Å². The predicted octanol–water partition coefficient (Wildman–Crippen LogP) is 5.76. The molecule has 186 valence electrons. The quantitative estimate of drug-likeness (QED) is 0.301. The number of fused-ring (bicyclic) bond motifs is 1. The van der Waals surface area contributed by atoms with E-state index < -0.39 is 0 Å². The van der Waals surface area contributed by atoms with Crippen LogP contribution >= 0.6 is 11.3 Å². The van der Waals surface area contributed by atoms with E-state index in [9.17, 15) is 4.79 Å². The van der Waals surface area contributed by atoms with Crippen molar-refractivity contribution in [1.29, 1.82) is 0 Å². The van der Waals surface area contributed by atoms with E-state index in [-0.39, 0.29) is 12.5 Å². The minimum atomic E-state index is -0.142. The number of thiophene rings is 1. The van der Waals surface area contributed by atoms with E-state index in [0.29, 0.717) is 5.75 Å². The van der Waals surface area contributed by atoms with E-state index in [0.717, 1.165) is 25.3 Å². The molecule has 0 atom stereocenters. The highest BCUT2D eigenvalue weighted by Crippen LogP contribution is 2.40. The summed E-state index contributed by atoms with van der Waals surface area (Å²) in [4.78, 5) is 15.2. The molecule has 2 heterocycles. The SMILES string of the molecule is CNC(=O)COc1ccc(Cc2c(-c3ccc(OCCN4CCCC4)cc3)sc3ccccc23)cc1. The Hall–Kier alpha value is -3.35. The maximum absolute atomic E-state index is 11.4. The van der Waals surface area contributed by atoms with Gasteiger partial charge in [-0.05, 0) is 96.9 Å². The highest BCUT2D eigenvalue weighted by Gasteiger charge is 2.15. The van der Waals surface area contributed by atoms with Crippen molar-refractivity contribution in [3.8, 4) is 21.9 Å². The molecule has 0 bridgehead atoms. The molecule has 1 aliphatic rings. The lowest BCUT2D eigenvalue weighted by atomic mass is 9.99. The molecule has 1 aromatic heterocycles. The van der Waals surface area contributed by atoms with Gasteiger partial charge in [0, 0.05) is 23.2 Å². The number of nitrogens with one attached hydrogen (secondary N) is 1. The van der Waals surface area contributed by atoms with Crippen LogP contribution < -0.4 is 14.8 Å². The van der Waals surface area contributed by atoms with Gasteiger partial charge in [-0.25, -0.2) is 0 Å². The molecule has 6 heteroatoms. The molecule has 3 aromatic carbocycles. The molecular weight excluding hydrogens is 468 g/mol. The molecule has 1 fully saturated rings. The fourth-order valence-corrected chi connectivity index (χ4v) is 5.86. The second kappa shape index (κ2) is 11.6. The van der Waals surface area contributed by atoms with Gasteiger partial charge in [-0.2, -0.15) is 0 Å². The molecular formula is C30H32N2O3S. The number of likely N-dealkylation sites (N-methyl/N-ethyl adjacent to an activating group) is 1. The van der Waals surface area contributed by atoms with Gasteiger partial charge in [0.1, 0.15) is 18.1 Å². The molecule has 0 aliphatic carbocycles. The van der Waals surface area contributed by atoms with Crippen LogP contribution in [-0.4, -0.2) is 50.7 Å². The molecule has 0 spiro atoms. The Morgan fingerprint density at radius 1 is 0.917 bits per heavy atom. The predicted molar refractivity (Wildman–Crippen MR) is 147 cm³/mol. The van der Waals surface area contributed by atoms with E-state index in [1.54, 1.807) is 7.05 Å². The minimum Gasteiger partial charge on any atom is -0.492 e. The van der Waals surface area contributed by atoms with Crippen LogP contribution in [0.15, 0.2) is 72.8 Å². The van der Waals surface area contributed by atoms with Crippen molar-refractivity contribution >= 4 is 27.3 Å². The highest BCUT2D eigenvalue weighted by molar-refractivity contribution is 7.22. The summed E-state index contributed by atoms with van der Waals surface area (Å²) in [6.07, 6.45) is 3.44. The third-order valence-corrected chi connectivity index (χ3v) is 7.90. The normalized spacial score (nSPS) is 13.7. The topological polar surface area (TPSA) is 50.8 Å². The summed E-state index contributed by atoms with van der Waals surface area (Å²) in [7, 11) is 1.60. The molecule has 1 N–H and O–H groups in total. The molecule has 0 unspecified atom stereocenters. The van der Waals surface area contributed by atoms with Crippen molar-refractivity contribution in [3.63, 3.8) is 0 Å². The van der Waals surface area contributed by atoms with Crippen molar-refractivity contribution in [1.82, 2.24) is 10.2 Å². The lowest BCUT2D eigenvalue weighted by molar-refractivity contribution is -0.122. The van der Waals surface area contributed by atoms with Crippen molar-refractivity contribution < 1.29 is 14.3 Å². The molecule has 5 nitrogen and oxygen atoms in total. The highest BCUT2D eigenvalue weighted by atomic mass is 32.1. The van der Waals surface area contributed by atoms with E-state index >= 15 is 0 Å². The Morgan fingerprint density at radius 3 is 2.36 bits per heavy atom. The van der Waals surface area contributed by atoms with Crippen LogP contribution in [0.1, 0.15) is 24.0 Å². The second-order valence-electron chi connectivity index (χ2n) is 9.11. The summed E-state index contributed by atoms with van der Waals surface area (Å²) in [5.41, 5.74) is 3.75. The third-order valence-electron chi connectivity index (χ3n) is 6.64. The Balaban J connectivity index is 1.31. The van der Waals surface area contributed by atoms with Gasteiger partial charge in [0.15, 0.2) is 6.61 Å². The zero-order valence-electron chi connectivity index (χ0n) is 20.7. The second-order valence-corrected chi connectivity index (χ2v) is 10.2. The largest absolute Gasteiger partial charge is 0.492 e. The Kier molecular flexibility index (Phi) is 7.84. The number of rotatable bonds is 10. The van der Waals surface area contributed by atoms with Gasteiger partial charge in [0.25, 0.3) is 5.91 Å². The van der Waals surface area contributed by atoms with E-state index in [1.807, 2.05) is 23.5 Å². The minimum absolute atomic E-state index is 0.0210. The number of likely N-dealkylation sites (tertiary alicyclic amines) is 1. The summed E-state index contributed by atoms with van der Waals surface area (Å²) in [6.45, 7) is 4.15.